The van der Waals surface area contributed by atoms with Crippen LogP contribution in [-0.2, 0) is 6.61 Å². The Balaban J connectivity index is 1.68. The Bertz CT molecular complexity index is 1190. The average Bonchev–Trinajstić information content (AvgIpc) is 2.77. The van der Waals surface area contributed by atoms with E-state index in [9.17, 15) is 10.4 Å². The number of fused-ring (bicyclic) bond motifs is 1. The Labute approximate surface area is 180 Å². The van der Waals surface area contributed by atoms with Crippen molar-refractivity contribution in [2.45, 2.75) is 19.4 Å². The zero-order valence-corrected chi connectivity index (χ0v) is 17.3. The van der Waals surface area contributed by atoms with Gasteiger partial charge in [0.1, 0.15) is 29.7 Å². The lowest BCUT2D eigenvalue weighted by Gasteiger charge is -2.27. The fraction of sp³-hybridized carbons (Fsp3) is 0.160. The molecule has 0 fully saturated rings. The van der Waals surface area contributed by atoms with Crippen molar-refractivity contribution >= 4 is 0 Å². The van der Waals surface area contributed by atoms with Gasteiger partial charge in [0.15, 0.2) is 11.5 Å². The molecule has 0 spiro atoms. The molecule has 31 heavy (non-hydrogen) atoms. The molecule has 1 heterocycles. The number of nitrogens with two attached hydrogens (primary N) is 1. The van der Waals surface area contributed by atoms with Gasteiger partial charge in [-0.1, -0.05) is 42.0 Å². The molecule has 1 atom stereocenters. The van der Waals surface area contributed by atoms with Crippen molar-refractivity contribution in [1.29, 1.82) is 5.26 Å². The zero-order chi connectivity index (χ0) is 22.0. The summed E-state index contributed by atoms with van der Waals surface area (Å²) in [6, 6.07) is 20.6. The molecule has 3 aromatic carbocycles. The third-order valence-corrected chi connectivity index (χ3v) is 5.24. The van der Waals surface area contributed by atoms with Gasteiger partial charge < -0.3 is 25.1 Å². The van der Waals surface area contributed by atoms with E-state index in [2.05, 4.69) is 6.07 Å². The molecular weight excluding hydrogens is 392 g/mol. The first-order valence-electron chi connectivity index (χ1n) is 9.77. The lowest BCUT2D eigenvalue weighted by Crippen LogP contribution is -2.21. The average molecular weight is 414 g/mol. The second kappa shape index (κ2) is 8.33. The maximum absolute atomic E-state index is 9.80. The summed E-state index contributed by atoms with van der Waals surface area (Å²) >= 11 is 0. The maximum atomic E-state index is 9.80. The molecule has 0 radical (unpaired) electrons. The van der Waals surface area contributed by atoms with Gasteiger partial charge >= 0.3 is 0 Å². The van der Waals surface area contributed by atoms with Crippen LogP contribution in [-0.4, -0.2) is 12.2 Å². The molecule has 0 saturated heterocycles. The highest BCUT2D eigenvalue weighted by Crippen LogP contribution is 2.45. The van der Waals surface area contributed by atoms with Crippen LogP contribution in [0.2, 0.25) is 0 Å². The lowest BCUT2D eigenvalue weighted by atomic mass is 9.83. The van der Waals surface area contributed by atoms with Crippen molar-refractivity contribution in [3.63, 3.8) is 0 Å². The summed E-state index contributed by atoms with van der Waals surface area (Å²) in [6.45, 7) is 2.45. The minimum atomic E-state index is -0.450. The van der Waals surface area contributed by atoms with Gasteiger partial charge in [0, 0.05) is 11.6 Å². The third kappa shape index (κ3) is 3.99. The number of phenols is 1. The molecule has 0 saturated carbocycles. The standard InChI is InChI=1S/C25H22N2O4/c1-15-3-5-16(6-4-15)14-30-21-10-7-17(11-23(21)29-2)24-19-9-8-18(28)12-22(19)31-25(27)20(24)13-26/h3-12,24,28H,14,27H2,1-2H3/t24-/m0/s1. The Kier molecular flexibility index (Phi) is 5.42. The normalized spacial score (nSPS) is 14.9. The molecule has 6 heteroatoms. The van der Waals surface area contributed by atoms with Gasteiger partial charge in [0.25, 0.3) is 0 Å². The smallest absolute Gasteiger partial charge is 0.205 e. The first-order chi connectivity index (χ1) is 15.0. The molecule has 0 aliphatic carbocycles. The molecular formula is C25H22N2O4. The SMILES string of the molecule is COc1cc([C@@H]2C(C#N)=C(N)Oc3cc(O)ccc32)ccc1OCc1ccc(C)cc1. The molecule has 156 valence electrons. The van der Waals surface area contributed by atoms with Crippen LogP contribution < -0.4 is 19.9 Å². The summed E-state index contributed by atoms with van der Waals surface area (Å²) in [4.78, 5) is 0. The number of benzene rings is 3. The van der Waals surface area contributed by atoms with Crippen LogP contribution in [0.4, 0.5) is 0 Å². The van der Waals surface area contributed by atoms with Crippen molar-refractivity contribution < 1.29 is 19.3 Å². The fourth-order valence-electron chi connectivity index (χ4n) is 3.62. The topological polar surface area (TPSA) is 97.7 Å². The quantitative estimate of drug-likeness (QED) is 0.638. The number of rotatable bonds is 5. The number of hydrogen-bond acceptors (Lipinski definition) is 6. The van der Waals surface area contributed by atoms with Gasteiger partial charge in [0.2, 0.25) is 5.88 Å². The molecule has 3 N–H and O–H groups in total. The van der Waals surface area contributed by atoms with Crippen LogP contribution in [0.25, 0.3) is 0 Å². The second-order valence-corrected chi connectivity index (χ2v) is 7.33. The molecule has 0 bridgehead atoms. The summed E-state index contributed by atoms with van der Waals surface area (Å²) in [6.07, 6.45) is 0. The Hall–Kier alpha value is -4.11. The molecule has 0 amide bonds. The van der Waals surface area contributed by atoms with E-state index in [-0.39, 0.29) is 11.6 Å². The largest absolute Gasteiger partial charge is 0.508 e. The van der Waals surface area contributed by atoms with Crippen molar-refractivity contribution in [1.82, 2.24) is 0 Å². The van der Waals surface area contributed by atoms with Gasteiger partial charge in [-0.25, -0.2) is 0 Å². The van der Waals surface area contributed by atoms with Crippen LogP contribution in [0.5, 0.6) is 23.0 Å². The van der Waals surface area contributed by atoms with Crippen LogP contribution in [0.15, 0.2) is 72.1 Å². The fourth-order valence-corrected chi connectivity index (χ4v) is 3.62. The number of aromatic hydroxyl groups is 1. The minimum Gasteiger partial charge on any atom is -0.508 e. The van der Waals surface area contributed by atoms with Crippen LogP contribution >= 0.6 is 0 Å². The van der Waals surface area contributed by atoms with Crippen LogP contribution in [0.3, 0.4) is 0 Å². The maximum Gasteiger partial charge on any atom is 0.205 e. The van der Waals surface area contributed by atoms with Crippen molar-refractivity contribution in [2.24, 2.45) is 5.73 Å². The van der Waals surface area contributed by atoms with E-state index >= 15 is 0 Å². The number of hydrogen-bond donors (Lipinski definition) is 2. The number of methoxy groups -OCH3 is 1. The van der Waals surface area contributed by atoms with E-state index < -0.39 is 5.92 Å². The summed E-state index contributed by atoms with van der Waals surface area (Å²) in [5, 5.41) is 19.5. The van der Waals surface area contributed by atoms with Crippen molar-refractivity contribution in [2.75, 3.05) is 7.11 Å². The number of nitrogens with zero attached hydrogens (tertiary/aromatic N) is 1. The van der Waals surface area contributed by atoms with E-state index in [1.54, 1.807) is 19.2 Å². The Morgan fingerprint density at radius 2 is 1.84 bits per heavy atom. The first-order valence-corrected chi connectivity index (χ1v) is 9.77. The second-order valence-electron chi connectivity index (χ2n) is 7.33. The molecule has 4 rings (SSSR count). The molecule has 1 aliphatic heterocycles. The monoisotopic (exact) mass is 414 g/mol. The van der Waals surface area contributed by atoms with Crippen molar-refractivity contribution in [3.8, 4) is 29.1 Å². The highest BCUT2D eigenvalue weighted by molar-refractivity contribution is 5.58. The Morgan fingerprint density at radius 3 is 2.55 bits per heavy atom. The lowest BCUT2D eigenvalue weighted by molar-refractivity contribution is 0.284. The summed E-state index contributed by atoms with van der Waals surface area (Å²) in [5.41, 5.74) is 10.1. The van der Waals surface area contributed by atoms with Gasteiger partial charge in [0.05, 0.1) is 13.0 Å². The predicted octanol–water partition coefficient (Wildman–Crippen LogP) is 4.51. The van der Waals surface area contributed by atoms with Crippen LogP contribution in [0, 0.1) is 18.3 Å². The van der Waals surface area contributed by atoms with Gasteiger partial charge in [-0.15, -0.1) is 0 Å². The number of allylic oxidation sites excluding steroid dienone is 1. The highest BCUT2D eigenvalue weighted by Gasteiger charge is 2.31. The van der Waals surface area contributed by atoms with E-state index in [0.29, 0.717) is 29.4 Å². The number of phenolic OH excluding ortho intramolecular Hbond substituents is 1. The highest BCUT2D eigenvalue weighted by atomic mass is 16.5. The summed E-state index contributed by atoms with van der Waals surface area (Å²) in [7, 11) is 1.57. The number of ether oxygens (including phenoxy) is 3. The van der Waals surface area contributed by atoms with Crippen molar-refractivity contribution in [3.05, 3.63) is 94.4 Å². The first kappa shape index (κ1) is 20.2. The molecule has 1 aliphatic rings. The summed E-state index contributed by atoms with van der Waals surface area (Å²) < 4.78 is 17.1. The Morgan fingerprint density at radius 1 is 1.06 bits per heavy atom. The van der Waals surface area contributed by atoms with Gasteiger partial charge in [-0.2, -0.15) is 5.26 Å². The molecule has 0 aromatic heterocycles. The zero-order valence-electron chi connectivity index (χ0n) is 17.3. The predicted molar refractivity (Wildman–Crippen MR) is 116 cm³/mol. The summed E-state index contributed by atoms with van der Waals surface area (Å²) in [5.74, 6) is 1.19. The van der Waals surface area contributed by atoms with Crippen LogP contribution in [0.1, 0.15) is 28.2 Å². The molecule has 6 nitrogen and oxygen atoms in total. The number of nitriles is 1. The van der Waals surface area contributed by atoms with E-state index in [1.807, 2.05) is 49.4 Å². The van der Waals surface area contributed by atoms with Gasteiger partial charge in [-0.05, 0) is 36.2 Å². The molecule has 0 unspecified atom stereocenters. The van der Waals surface area contributed by atoms with Gasteiger partial charge in [-0.3, -0.25) is 0 Å². The molecule has 3 aromatic rings. The minimum absolute atomic E-state index is 0.0178. The number of aryl methyl sites for hydroxylation is 1. The van der Waals surface area contributed by atoms with E-state index in [1.165, 1.54) is 11.6 Å². The van der Waals surface area contributed by atoms with E-state index in [0.717, 1.165) is 16.7 Å². The third-order valence-electron chi connectivity index (χ3n) is 5.24. The van der Waals surface area contributed by atoms with E-state index in [4.69, 9.17) is 19.9 Å².